The average molecular weight is 418 g/mol. The monoisotopic (exact) mass is 418 g/mol. The summed E-state index contributed by atoms with van der Waals surface area (Å²) in [5.41, 5.74) is 1.30. The maximum atomic E-state index is 13.1. The lowest BCUT2D eigenvalue weighted by Gasteiger charge is -2.21. The first-order valence-corrected chi connectivity index (χ1v) is 9.45. The Balaban J connectivity index is 1.72. The van der Waals surface area contributed by atoms with Crippen molar-refractivity contribution in [1.82, 2.24) is 0 Å². The van der Waals surface area contributed by atoms with Crippen molar-refractivity contribution in [3.63, 3.8) is 0 Å². The first kappa shape index (κ1) is 21.5. The Morgan fingerprint density at radius 2 is 1.61 bits per heavy atom. The molecule has 2 atom stereocenters. The van der Waals surface area contributed by atoms with Crippen LogP contribution >= 0.6 is 0 Å². The second-order valence-corrected chi connectivity index (χ2v) is 6.62. The second-order valence-electron chi connectivity index (χ2n) is 6.62. The number of nitrogens with one attached hydrogen (secondary N) is 1. The van der Waals surface area contributed by atoms with Crippen molar-refractivity contribution in [3.05, 3.63) is 95.8 Å². The summed E-state index contributed by atoms with van der Waals surface area (Å²) in [6.07, 6.45) is -2.23. The molecular formula is C24H19FN2O4. The lowest BCUT2D eigenvalue weighted by Crippen LogP contribution is -2.32. The minimum Gasteiger partial charge on any atom is -0.479 e. The maximum Gasteiger partial charge on any atom is 0.348 e. The fraction of sp³-hybridized carbons (Fsp3) is 0.125. The molecule has 0 fully saturated rings. The van der Waals surface area contributed by atoms with Gasteiger partial charge < -0.3 is 14.8 Å². The summed E-state index contributed by atoms with van der Waals surface area (Å²) >= 11 is 0. The molecule has 0 saturated heterocycles. The van der Waals surface area contributed by atoms with Crippen LogP contribution in [0.4, 0.5) is 10.1 Å². The van der Waals surface area contributed by atoms with Crippen LogP contribution in [0.3, 0.4) is 0 Å². The summed E-state index contributed by atoms with van der Waals surface area (Å²) < 4.78 is 24.2. The molecule has 0 heterocycles. The number of ether oxygens (including phenoxy) is 2. The van der Waals surface area contributed by atoms with Crippen LogP contribution in [0.2, 0.25) is 0 Å². The molecular weight excluding hydrogens is 399 g/mol. The van der Waals surface area contributed by atoms with E-state index in [9.17, 15) is 14.0 Å². The molecule has 3 rings (SSSR count). The number of esters is 1. The molecule has 7 heteroatoms. The molecule has 31 heavy (non-hydrogen) atoms. The summed E-state index contributed by atoms with van der Waals surface area (Å²) in [5, 5.41) is 11.5. The van der Waals surface area contributed by atoms with Crippen molar-refractivity contribution in [2.45, 2.75) is 19.1 Å². The molecule has 0 unspecified atom stereocenters. The Kier molecular flexibility index (Phi) is 6.97. The first-order chi connectivity index (χ1) is 15.0. The van der Waals surface area contributed by atoms with Crippen molar-refractivity contribution in [2.24, 2.45) is 0 Å². The molecule has 0 aliphatic rings. The van der Waals surface area contributed by atoms with Gasteiger partial charge in [0.05, 0.1) is 11.6 Å². The van der Waals surface area contributed by atoms with Crippen LogP contribution in [0.15, 0.2) is 78.9 Å². The summed E-state index contributed by atoms with van der Waals surface area (Å²) in [5.74, 6) is -1.38. The molecule has 3 aromatic rings. The fourth-order valence-electron chi connectivity index (χ4n) is 2.71. The second kappa shape index (κ2) is 10.0. The lowest BCUT2D eigenvalue weighted by molar-refractivity contribution is -0.161. The number of nitriles is 1. The number of halogens is 1. The highest BCUT2D eigenvalue weighted by Gasteiger charge is 2.28. The Labute approximate surface area is 178 Å². The largest absolute Gasteiger partial charge is 0.479 e. The predicted octanol–water partition coefficient (Wildman–Crippen LogP) is 4.39. The summed E-state index contributed by atoms with van der Waals surface area (Å²) in [6.45, 7) is 1.50. The number of hydrogen-bond acceptors (Lipinski definition) is 5. The molecule has 0 aromatic heterocycles. The Morgan fingerprint density at radius 1 is 0.968 bits per heavy atom. The number of nitrogens with zero attached hydrogens (tertiary/aromatic N) is 1. The molecule has 0 bridgehead atoms. The minimum atomic E-state index is -1.23. The predicted molar refractivity (Wildman–Crippen MR) is 112 cm³/mol. The van der Waals surface area contributed by atoms with Gasteiger partial charge in [0.15, 0.2) is 6.10 Å². The van der Waals surface area contributed by atoms with Gasteiger partial charge in [-0.05, 0) is 55.5 Å². The number of amides is 1. The number of carbonyl (C=O) groups is 2. The number of anilines is 1. The van der Waals surface area contributed by atoms with Crippen LogP contribution in [0.1, 0.15) is 24.2 Å². The van der Waals surface area contributed by atoms with E-state index in [0.29, 0.717) is 22.6 Å². The van der Waals surface area contributed by atoms with E-state index >= 15 is 0 Å². The van der Waals surface area contributed by atoms with Gasteiger partial charge in [0, 0.05) is 11.3 Å². The summed E-state index contributed by atoms with van der Waals surface area (Å²) in [6, 6.07) is 22.1. The molecule has 1 N–H and O–H groups in total. The molecule has 0 spiro atoms. The first-order valence-electron chi connectivity index (χ1n) is 9.45. The topological polar surface area (TPSA) is 88.4 Å². The van der Waals surface area contributed by atoms with E-state index in [0.717, 1.165) is 0 Å². The van der Waals surface area contributed by atoms with Crippen LogP contribution in [0.5, 0.6) is 5.75 Å². The highest BCUT2D eigenvalue weighted by atomic mass is 19.1. The molecule has 156 valence electrons. The van der Waals surface area contributed by atoms with E-state index < -0.39 is 29.9 Å². The number of carbonyl (C=O) groups excluding carboxylic acids is 2. The molecule has 3 aromatic carbocycles. The van der Waals surface area contributed by atoms with Crippen LogP contribution in [-0.2, 0) is 14.3 Å². The fourth-order valence-corrected chi connectivity index (χ4v) is 2.71. The number of hydrogen-bond donors (Lipinski definition) is 1. The van der Waals surface area contributed by atoms with Crippen LogP contribution in [-0.4, -0.2) is 18.0 Å². The molecule has 0 aliphatic carbocycles. The van der Waals surface area contributed by atoms with E-state index in [4.69, 9.17) is 14.7 Å². The standard InChI is InChI=1S/C24H19FN2O4/c1-16(30-21-13-7-17(15-26)8-14-21)24(29)31-22(18-5-3-2-4-6-18)23(28)27-20-11-9-19(25)10-12-20/h2-14,16,22H,1H3,(H,27,28)/t16-,22+/m1/s1. The van der Waals surface area contributed by atoms with E-state index in [2.05, 4.69) is 5.32 Å². The van der Waals surface area contributed by atoms with Crippen molar-refractivity contribution < 1.29 is 23.5 Å². The quantitative estimate of drug-likeness (QED) is 0.575. The van der Waals surface area contributed by atoms with E-state index in [1.165, 1.54) is 31.2 Å². The molecule has 0 aliphatic heterocycles. The van der Waals surface area contributed by atoms with E-state index in [1.54, 1.807) is 54.6 Å². The smallest absolute Gasteiger partial charge is 0.348 e. The average Bonchev–Trinajstić information content (AvgIpc) is 2.79. The summed E-state index contributed by atoms with van der Waals surface area (Å²) in [7, 11) is 0. The van der Waals surface area contributed by atoms with Gasteiger partial charge in [-0.15, -0.1) is 0 Å². The van der Waals surface area contributed by atoms with Gasteiger partial charge in [-0.2, -0.15) is 5.26 Å². The highest BCUT2D eigenvalue weighted by molar-refractivity contribution is 5.96. The minimum absolute atomic E-state index is 0.366. The Bertz CT molecular complexity index is 1080. The van der Waals surface area contributed by atoms with Gasteiger partial charge in [0.2, 0.25) is 6.10 Å². The SMILES string of the molecule is C[C@@H](Oc1ccc(C#N)cc1)C(=O)O[C@H](C(=O)Nc1ccc(F)cc1)c1ccccc1. The third kappa shape index (κ3) is 5.90. The van der Waals surface area contributed by atoms with Gasteiger partial charge in [0.25, 0.3) is 5.91 Å². The summed E-state index contributed by atoms with van der Waals surface area (Å²) in [4.78, 5) is 25.5. The maximum absolute atomic E-state index is 13.1. The lowest BCUT2D eigenvalue weighted by atomic mass is 10.1. The zero-order valence-corrected chi connectivity index (χ0v) is 16.6. The zero-order valence-electron chi connectivity index (χ0n) is 16.6. The van der Waals surface area contributed by atoms with Crippen molar-refractivity contribution in [3.8, 4) is 11.8 Å². The molecule has 0 saturated carbocycles. The normalized spacial score (nSPS) is 12.2. The van der Waals surface area contributed by atoms with Gasteiger partial charge in [-0.1, -0.05) is 30.3 Å². The molecule has 6 nitrogen and oxygen atoms in total. The van der Waals surface area contributed by atoms with Crippen molar-refractivity contribution in [1.29, 1.82) is 5.26 Å². The number of benzene rings is 3. The van der Waals surface area contributed by atoms with Crippen molar-refractivity contribution in [2.75, 3.05) is 5.32 Å². The third-order valence-electron chi connectivity index (χ3n) is 4.31. The van der Waals surface area contributed by atoms with Gasteiger partial charge >= 0.3 is 5.97 Å². The van der Waals surface area contributed by atoms with Gasteiger partial charge in [-0.3, -0.25) is 4.79 Å². The van der Waals surface area contributed by atoms with E-state index in [1.807, 2.05) is 6.07 Å². The Hall–Kier alpha value is -4.18. The highest BCUT2D eigenvalue weighted by Crippen LogP contribution is 2.22. The molecule has 0 radical (unpaired) electrons. The Morgan fingerprint density at radius 3 is 2.23 bits per heavy atom. The van der Waals surface area contributed by atoms with Crippen LogP contribution in [0, 0.1) is 17.1 Å². The van der Waals surface area contributed by atoms with Gasteiger partial charge in [0.1, 0.15) is 11.6 Å². The van der Waals surface area contributed by atoms with Crippen LogP contribution in [0.25, 0.3) is 0 Å². The van der Waals surface area contributed by atoms with Gasteiger partial charge in [-0.25, -0.2) is 9.18 Å². The van der Waals surface area contributed by atoms with Crippen molar-refractivity contribution >= 4 is 17.6 Å². The third-order valence-corrected chi connectivity index (χ3v) is 4.31. The molecule has 1 amide bonds. The zero-order chi connectivity index (χ0) is 22.2. The van der Waals surface area contributed by atoms with E-state index in [-0.39, 0.29) is 0 Å². The number of rotatable bonds is 7. The van der Waals surface area contributed by atoms with Crippen LogP contribution < -0.4 is 10.1 Å².